The first kappa shape index (κ1) is 21.0. The molecule has 2 amide bonds. The predicted molar refractivity (Wildman–Crippen MR) is 114 cm³/mol. The number of sulfonamides is 1. The fraction of sp³-hybridized carbons (Fsp3) is 0.286. The number of hydrazine groups is 1. The molecule has 0 unspecified atom stereocenters. The minimum Gasteiger partial charge on any atom is -0.350 e. The summed E-state index contributed by atoms with van der Waals surface area (Å²) in [7, 11) is -1.77. The van der Waals surface area contributed by atoms with Gasteiger partial charge in [0.25, 0.3) is 5.91 Å². The van der Waals surface area contributed by atoms with E-state index >= 15 is 0 Å². The molecule has 0 saturated carbocycles. The number of piperidine rings is 1. The van der Waals surface area contributed by atoms with Crippen LogP contribution in [0.5, 0.6) is 0 Å². The van der Waals surface area contributed by atoms with Crippen molar-refractivity contribution in [3.63, 3.8) is 0 Å². The molecule has 1 fully saturated rings. The van der Waals surface area contributed by atoms with Crippen LogP contribution in [0.3, 0.4) is 0 Å². The summed E-state index contributed by atoms with van der Waals surface area (Å²) in [5.41, 5.74) is 6.35. The highest BCUT2D eigenvalue weighted by Gasteiger charge is 2.32. The Bertz CT molecular complexity index is 1220. The van der Waals surface area contributed by atoms with Crippen LogP contribution in [0.15, 0.2) is 59.9 Å². The van der Waals surface area contributed by atoms with Crippen molar-refractivity contribution in [2.45, 2.75) is 17.7 Å². The Morgan fingerprint density at radius 3 is 2.52 bits per heavy atom. The predicted octanol–water partition coefficient (Wildman–Crippen LogP) is 1.44. The van der Waals surface area contributed by atoms with E-state index in [1.165, 1.54) is 22.8 Å². The molecule has 0 aliphatic carbocycles. The Hall–Kier alpha value is -3.24. The minimum absolute atomic E-state index is 0.139. The lowest BCUT2D eigenvalue weighted by molar-refractivity contribution is -0.126. The number of pyridine rings is 1. The van der Waals surface area contributed by atoms with Gasteiger partial charge in [-0.25, -0.2) is 8.42 Å². The molecule has 162 valence electrons. The molecule has 1 aromatic carbocycles. The van der Waals surface area contributed by atoms with Gasteiger partial charge >= 0.3 is 0 Å². The molecule has 2 N–H and O–H groups in total. The van der Waals surface area contributed by atoms with Gasteiger partial charge in [-0.3, -0.25) is 25.4 Å². The largest absolute Gasteiger partial charge is 0.350 e. The lowest BCUT2D eigenvalue weighted by atomic mass is 9.98. The van der Waals surface area contributed by atoms with Crippen molar-refractivity contribution >= 4 is 32.7 Å². The fourth-order valence-corrected chi connectivity index (χ4v) is 5.25. The third-order valence-electron chi connectivity index (χ3n) is 5.54. The summed E-state index contributed by atoms with van der Waals surface area (Å²) in [6.45, 7) is 0.458. The Kier molecular flexibility index (Phi) is 5.75. The van der Waals surface area contributed by atoms with E-state index in [9.17, 15) is 18.0 Å². The SMILES string of the molecule is Cn1cc(C(=O)NNC(=O)C2CCN(S(=O)(=O)c3cccnc3)CC2)c2ccccc21. The number of nitrogens with one attached hydrogen (secondary N) is 2. The Balaban J connectivity index is 1.34. The van der Waals surface area contributed by atoms with Gasteiger partial charge in [-0.15, -0.1) is 0 Å². The quantitative estimate of drug-likeness (QED) is 0.595. The maximum atomic E-state index is 12.7. The molecule has 1 aliphatic rings. The van der Waals surface area contributed by atoms with Crippen LogP contribution in [0.4, 0.5) is 0 Å². The maximum Gasteiger partial charge on any atom is 0.271 e. The number of amides is 2. The van der Waals surface area contributed by atoms with Gasteiger partial charge in [0, 0.05) is 55.5 Å². The average molecular weight is 442 g/mol. The number of rotatable bonds is 4. The summed E-state index contributed by atoms with van der Waals surface area (Å²) in [6, 6.07) is 10.6. The van der Waals surface area contributed by atoms with Crippen molar-refractivity contribution in [3.8, 4) is 0 Å². The molecule has 2 aromatic heterocycles. The Morgan fingerprint density at radius 2 is 1.81 bits per heavy atom. The summed E-state index contributed by atoms with van der Waals surface area (Å²) in [5.74, 6) is -1.11. The number of fused-ring (bicyclic) bond motifs is 1. The highest BCUT2D eigenvalue weighted by Crippen LogP contribution is 2.24. The molecular formula is C21H23N5O4S. The highest BCUT2D eigenvalue weighted by molar-refractivity contribution is 7.89. The van der Waals surface area contributed by atoms with Crippen molar-refractivity contribution < 1.29 is 18.0 Å². The molecule has 1 saturated heterocycles. The lowest BCUT2D eigenvalue weighted by Crippen LogP contribution is -2.48. The first-order valence-corrected chi connectivity index (χ1v) is 11.4. The van der Waals surface area contributed by atoms with Crippen LogP contribution in [-0.2, 0) is 21.9 Å². The standard InChI is InChI=1S/C21H23N5O4S/c1-25-14-18(17-6-2-3-7-19(17)25)21(28)24-23-20(27)15-8-11-26(12-9-15)31(29,30)16-5-4-10-22-13-16/h2-7,10,13-15H,8-9,11-12H2,1H3,(H,23,27)(H,24,28). The molecule has 0 atom stereocenters. The van der Waals surface area contributed by atoms with Crippen LogP contribution in [-0.4, -0.2) is 47.2 Å². The van der Waals surface area contributed by atoms with Crippen LogP contribution in [0.2, 0.25) is 0 Å². The van der Waals surface area contributed by atoms with Gasteiger partial charge in [-0.05, 0) is 31.0 Å². The zero-order valence-electron chi connectivity index (χ0n) is 17.0. The van der Waals surface area contributed by atoms with E-state index in [1.54, 1.807) is 12.3 Å². The molecule has 1 aliphatic heterocycles. The second-order valence-corrected chi connectivity index (χ2v) is 9.42. The molecule has 9 nitrogen and oxygen atoms in total. The van der Waals surface area contributed by atoms with E-state index in [0.29, 0.717) is 18.4 Å². The molecule has 3 heterocycles. The molecule has 0 bridgehead atoms. The molecule has 0 spiro atoms. The minimum atomic E-state index is -3.62. The van der Waals surface area contributed by atoms with Gasteiger partial charge in [0.1, 0.15) is 4.90 Å². The van der Waals surface area contributed by atoms with Gasteiger partial charge < -0.3 is 4.57 Å². The summed E-state index contributed by atoms with van der Waals surface area (Å²) in [6.07, 6.45) is 5.29. The number of benzene rings is 1. The maximum absolute atomic E-state index is 12.7. The number of hydrogen-bond acceptors (Lipinski definition) is 5. The number of carbonyl (C=O) groups excluding carboxylic acids is 2. The topological polar surface area (TPSA) is 113 Å². The van der Waals surface area contributed by atoms with Crippen LogP contribution < -0.4 is 10.9 Å². The first-order valence-electron chi connectivity index (χ1n) is 9.92. The van der Waals surface area contributed by atoms with E-state index in [0.717, 1.165) is 10.9 Å². The van der Waals surface area contributed by atoms with Crippen LogP contribution in [0, 0.1) is 5.92 Å². The lowest BCUT2D eigenvalue weighted by Gasteiger charge is -2.30. The van der Waals surface area contributed by atoms with Crippen molar-refractivity contribution in [2.75, 3.05) is 13.1 Å². The summed E-state index contributed by atoms with van der Waals surface area (Å²) >= 11 is 0. The third-order valence-corrected chi connectivity index (χ3v) is 7.42. The average Bonchev–Trinajstić information content (AvgIpc) is 3.15. The zero-order chi connectivity index (χ0) is 22.0. The molecule has 3 aromatic rings. The fourth-order valence-electron chi connectivity index (χ4n) is 3.82. The Morgan fingerprint density at radius 1 is 1.06 bits per heavy atom. The Labute approximate surface area is 180 Å². The smallest absolute Gasteiger partial charge is 0.271 e. The third kappa shape index (κ3) is 4.17. The van der Waals surface area contributed by atoms with Gasteiger partial charge in [-0.2, -0.15) is 4.31 Å². The van der Waals surface area contributed by atoms with Crippen molar-refractivity contribution in [1.29, 1.82) is 0 Å². The van der Waals surface area contributed by atoms with Crippen LogP contribution in [0.1, 0.15) is 23.2 Å². The molecule has 0 radical (unpaired) electrons. The van der Waals surface area contributed by atoms with Gasteiger partial charge in [0.2, 0.25) is 15.9 Å². The van der Waals surface area contributed by atoms with E-state index in [4.69, 9.17) is 0 Å². The van der Waals surface area contributed by atoms with E-state index in [-0.39, 0.29) is 29.8 Å². The normalized spacial score (nSPS) is 15.6. The summed E-state index contributed by atoms with van der Waals surface area (Å²) in [4.78, 5) is 29.1. The number of hydrogen-bond donors (Lipinski definition) is 2. The number of nitrogens with zero attached hydrogens (tertiary/aromatic N) is 3. The number of carbonyl (C=O) groups is 2. The monoisotopic (exact) mass is 441 g/mol. The highest BCUT2D eigenvalue weighted by atomic mass is 32.2. The molecule has 4 rings (SSSR count). The number of aryl methyl sites for hydroxylation is 1. The van der Waals surface area contributed by atoms with Gasteiger partial charge in [-0.1, -0.05) is 18.2 Å². The van der Waals surface area contributed by atoms with E-state index < -0.39 is 15.9 Å². The summed E-state index contributed by atoms with van der Waals surface area (Å²) in [5, 5.41) is 0.797. The zero-order valence-corrected chi connectivity index (χ0v) is 17.8. The molecule has 31 heavy (non-hydrogen) atoms. The van der Waals surface area contributed by atoms with Crippen molar-refractivity contribution in [2.24, 2.45) is 13.0 Å². The molecular weight excluding hydrogens is 418 g/mol. The number of para-hydroxylation sites is 1. The van der Waals surface area contributed by atoms with Crippen molar-refractivity contribution in [3.05, 3.63) is 60.6 Å². The molecule has 10 heteroatoms. The second-order valence-electron chi connectivity index (χ2n) is 7.48. The van der Waals surface area contributed by atoms with E-state index in [2.05, 4.69) is 15.8 Å². The van der Waals surface area contributed by atoms with Crippen LogP contribution in [0.25, 0.3) is 10.9 Å². The van der Waals surface area contributed by atoms with Gasteiger partial charge in [0.05, 0.1) is 5.56 Å². The van der Waals surface area contributed by atoms with Crippen LogP contribution >= 0.6 is 0 Å². The van der Waals surface area contributed by atoms with Gasteiger partial charge in [0.15, 0.2) is 0 Å². The second kappa shape index (κ2) is 8.48. The first-order chi connectivity index (χ1) is 14.9. The van der Waals surface area contributed by atoms with E-state index in [1.807, 2.05) is 35.9 Å². The van der Waals surface area contributed by atoms with Crippen molar-refractivity contribution in [1.82, 2.24) is 24.7 Å². The summed E-state index contributed by atoms with van der Waals surface area (Å²) < 4.78 is 28.6. The number of aromatic nitrogens is 2.